The van der Waals surface area contributed by atoms with E-state index in [0.29, 0.717) is 5.92 Å². The molecular formula is C23H25N3O2. The summed E-state index contributed by atoms with van der Waals surface area (Å²) in [6, 6.07) is 16.3. The summed E-state index contributed by atoms with van der Waals surface area (Å²) in [4.78, 5) is 11.6. The average Bonchev–Trinajstić information content (AvgIpc) is 3.60. The zero-order valence-corrected chi connectivity index (χ0v) is 16.3. The first-order valence-electron chi connectivity index (χ1n) is 9.58. The van der Waals surface area contributed by atoms with Crippen molar-refractivity contribution in [3.63, 3.8) is 0 Å². The van der Waals surface area contributed by atoms with E-state index in [4.69, 9.17) is 14.5 Å². The van der Waals surface area contributed by atoms with Gasteiger partial charge in [-0.1, -0.05) is 24.3 Å². The van der Waals surface area contributed by atoms with Crippen LogP contribution in [0.15, 0.2) is 60.9 Å². The zero-order chi connectivity index (χ0) is 19.3. The second kappa shape index (κ2) is 8.30. The van der Waals surface area contributed by atoms with Crippen molar-refractivity contribution in [3.05, 3.63) is 77.7 Å². The molecule has 144 valence electrons. The number of aromatic nitrogens is 2. The standard InChI is InChI=1S/C23H25N3O2/c1-27-20-9-3-17(4-10-20)15-26(16-18-5-11-21(28-2)12-6-18)23-14-24-22(13-25-23)19-7-8-19/h3-6,9-14,19H,7-8,15-16H2,1-2H3. The minimum atomic E-state index is 0.609. The fourth-order valence-corrected chi connectivity index (χ4v) is 3.20. The molecular weight excluding hydrogens is 350 g/mol. The summed E-state index contributed by atoms with van der Waals surface area (Å²) in [5.41, 5.74) is 3.50. The summed E-state index contributed by atoms with van der Waals surface area (Å²) in [6.45, 7) is 1.49. The minimum absolute atomic E-state index is 0.609. The molecule has 1 heterocycles. The van der Waals surface area contributed by atoms with Gasteiger partial charge < -0.3 is 14.4 Å². The summed E-state index contributed by atoms with van der Waals surface area (Å²) in [7, 11) is 3.37. The van der Waals surface area contributed by atoms with Crippen LogP contribution in [0.3, 0.4) is 0 Å². The third-order valence-corrected chi connectivity index (χ3v) is 5.04. The molecule has 5 nitrogen and oxygen atoms in total. The molecule has 0 amide bonds. The lowest BCUT2D eigenvalue weighted by molar-refractivity contribution is 0.414. The third-order valence-electron chi connectivity index (χ3n) is 5.04. The molecule has 4 rings (SSSR count). The first-order valence-corrected chi connectivity index (χ1v) is 9.58. The quantitative estimate of drug-likeness (QED) is 0.577. The molecule has 0 N–H and O–H groups in total. The Balaban J connectivity index is 1.56. The summed E-state index contributed by atoms with van der Waals surface area (Å²) in [6.07, 6.45) is 6.30. The van der Waals surface area contributed by atoms with Crippen LogP contribution in [-0.2, 0) is 13.1 Å². The molecule has 1 aromatic heterocycles. The van der Waals surface area contributed by atoms with E-state index in [9.17, 15) is 0 Å². The van der Waals surface area contributed by atoms with E-state index < -0.39 is 0 Å². The van der Waals surface area contributed by atoms with Gasteiger partial charge in [-0.3, -0.25) is 4.98 Å². The van der Waals surface area contributed by atoms with Gasteiger partial charge >= 0.3 is 0 Å². The summed E-state index contributed by atoms with van der Waals surface area (Å²) < 4.78 is 10.5. The molecule has 0 saturated heterocycles. The van der Waals surface area contributed by atoms with Crippen LogP contribution in [0, 0.1) is 0 Å². The molecule has 1 aliphatic carbocycles. The van der Waals surface area contributed by atoms with Crippen molar-refractivity contribution >= 4 is 5.82 Å². The van der Waals surface area contributed by atoms with Crippen molar-refractivity contribution in [2.24, 2.45) is 0 Å². The van der Waals surface area contributed by atoms with E-state index in [0.717, 1.165) is 36.1 Å². The third kappa shape index (κ3) is 4.42. The van der Waals surface area contributed by atoms with Crippen molar-refractivity contribution in [2.75, 3.05) is 19.1 Å². The predicted octanol–water partition coefficient (Wildman–Crippen LogP) is 4.58. The zero-order valence-electron chi connectivity index (χ0n) is 16.3. The highest BCUT2D eigenvalue weighted by Crippen LogP contribution is 2.38. The highest BCUT2D eigenvalue weighted by Gasteiger charge is 2.25. The van der Waals surface area contributed by atoms with Gasteiger partial charge in [-0.05, 0) is 48.2 Å². The van der Waals surface area contributed by atoms with Crippen LogP contribution in [0.4, 0.5) is 5.82 Å². The van der Waals surface area contributed by atoms with Gasteiger partial charge in [-0.2, -0.15) is 0 Å². The van der Waals surface area contributed by atoms with Gasteiger partial charge in [0.15, 0.2) is 0 Å². The Morgan fingerprint density at radius 1 is 0.786 bits per heavy atom. The Hall–Kier alpha value is -3.08. The number of methoxy groups -OCH3 is 2. The maximum atomic E-state index is 5.27. The Bertz CT molecular complexity index is 839. The summed E-state index contributed by atoms with van der Waals surface area (Å²) >= 11 is 0. The molecule has 1 fully saturated rings. The minimum Gasteiger partial charge on any atom is -0.497 e. The van der Waals surface area contributed by atoms with Gasteiger partial charge in [-0.15, -0.1) is 0 Å². The Labute approximate surface area is 166 Å². The molecule has 1 aliphatic rings. The number of rotatable bonds is 8. The molecule has 5 heteroatoms. The number of nitrogens with zero attached hydrogens (tertiary/aromatic N) is 3. The van der Waals surface area contributed by atoms with Crippen molar-refractivity contribution < 1.29 is 9.47 Å². The lowest BCUT2D eigenvalue weighted by atomic mass is 10.1. The van der Waals surface area contributed by atoms with Gasteiger partial charge in [0.1, 0.15) is 17.3 Å². The number of anilines is 1. The molecule has 0 spiro atoms. The van der Waals surface area contributed by atoms with Crippen LogP contribution in [0.5, 0.6) is 11.5 Å². The van der Waals surface area contributed by atoms with E-state index in [1.54, 1.807) is 14.2 Å². The van der Waals surface area contributed by atoms with Crippen LogP contribution in [0.2, 0.25) is 0 Å². The van der Waals surface area contributed by atoms with Crippen LogP contribution < -0.4 is 14.4 Å². The van der Waals surface area contributed by atoms with E-state index >= 15 is 0 Å². The lowest BCUT2D eigenvalue weighted by Crippen LogP contribution is -2.23. The molecule has 0 bridgehead atoms. The Kier molecular flexibility index (Phi) is 5.42. The first kappa shape index (κ1) is 18.3. The van der Waals surface area contributed by atoms with Gasteiger partial charge in [0, 0.05) is 19.0 Å². The fraction of sp³-hybridized carbons (Fsp3) is 0.304. The molecule has 28 heavy (non-hydrogen) atoms. The van der Waals surface area contributed by atoms with Gasteiger partial charge in [-0.25, -0.2) is 4.98 Å². The predicted molar refractivity (Wildman–Crippen MR) is 110 cm³/mol. The SMILES string of the molecule is COc1ccc(CN(Cc2ccc(OC)cc2)c2cnc(C3CC3)cn2)cc1. The highest BCUT2D eigenvalue weighted by atomic mass is 16.5. The smallest absolute Gasteiger partial charge is 0.147 e. The number of benzene rings is 2. The van der Waals surface area contributed by atoms with Crippen LogP contribution in [-0.4, -0.2) is 24.2 Å². The van der Waals surface area contributed by atoms with Gasteiger partial charge in [0.2, 0.25) is 0 Å². The van der Waals surface area contributed by atoms with Crippen molar-refractivity contribution in [1.82, 2.24) is 9.97 Å². The van der Waals surface area contributed by atoms with Crippen LogP contribution >= 0.6 is 0 Å². The first-order chi connectivity index (χ1) is 13.7. The van der Waals surface area contributed by atoms with E-state index in [1.165, 1.54) is 24.0 Å². The van der Waals surface area contributed by atoms with Crippen molar-refractivity contribution in [3.8, 4) is 11.5 Å². The molecule has 2 aromatic carbocycles. The van der Waals surface area contributed by atoms with E-state index in [2.05, 4.69) is 34.1 Å². The lowest BCUT2D eigenvalue weighted by Gasteiger charge is -2.24. The average molecular weight is 375 g/mol. The van der Waals surface area contributed by atoms with E-state index in [1.807, 2.05) is 36.7 Å². The number of ether oxygens (including phenoxy) is 2. The van der Waals surface area contributed by atoms with Gasteiger partial charge in [0.05, 0.1) is 32.3 Å². The van der Waals surface area contributed by atoms with Gasteiger partial charge in [0.25, 0.3) is 0 Å². The summed E-state index contributed by atoms with van der Waals surface area (Å²) in [5.74, 6) is 3.22. The molecule has 0 aliphatic heterocycles. The largest absolute Gasteiger partial charge is 0.497 e. The molecule has 0 atom stereocenters. The topological polar surface area (TPSA) is 47.5 Å². The second-order valence-corrected chi connectivity index (χ2v) is 7.13. The Morgan fingerprint density at radius 2 is 1.32 bits per heavy atom. The van der Waals surface area contributed by atoms with E-state index in [-0.39, 0.29) is 0 Å². The maximum absolute atomic E-state index is 5.27. The molecule has 0 unspecified atom stereocenters. The number of hydrogen-bond donors (Lipinski definition) is 0. The van der Waals surface area contributed by atoms with Crippen molar-refractivity contribution in [1.29, 1.82) is 0 Å². The van der Waals surface area contributed by atoms with Crippen LogP contribution in [0.25, 0.3) is 0 Å². The monoisotopic (exact) mass is 375 g/mol. The second-order valence-electron chi connectivity index (χ2n) is 7.13. The molecule has 1 saturated carbocycles. The summed E-state index contributed by atoms with van der Waals surface area (Å²) in [5, 5.41) is 0. The fourth-order valence-electron chi connectivity index (χ4n) is 3.20. The molecule has 0 radical (unpaired) electrons. The number of hydrogen-bond acceptors (Lipinski definition) is 5. The Morgan fingerprint density at radius 3 is 1.71 bits per heavy atom. The maximum Gasteiger partial charge on any atom is 0.147 e. The van der Waals surface area contributed by atoms with Crippen LogP contribution in [0.1, 0.15) is 35.6 Å². The normalized spacial score (nSPS) is 13.2. The highest BCUT2D eigenvalue weighted by molar-refractivity contribution is 5.41. The van der Waals surface area contributed by atoms with Crippen molar-refractivity contribution in [2.45, 2.75) is 31.8 Å². The molecule has 3 aromatic rings.